The fourth-order valence-corrected chi connectivity index (χ4v) is 4.42. The first kappa shape index (κ1) is 39.0. The number of amides is 1. The van der Waals surface area contributed by atoms with Gasteiger partial charge in [0, 0.05) is 0 Å². The van der Waals surface area contributed by atoms with Gasteiger partial charge in [0.25, 0.3) is 0 Å². The summed E-state index contributed by atoms with van der Waals surface area (Å²) in [6, 6.07) is -0.773. The minimum Gasteiger partial charge on any atom is -0.394 e. The smallest absolute Gasteiger partial charge is 0.222 e. The summed E-state index contributed by atoms with van der Waals surface area (Å²) < 4.78 is 0. The largest absolute Gasteiger partial charge is 0.394 e. The second kappa shape index (κ2) is 31.0. The third-order valence-electron chi connectivity index (χ3n) is 7.03. The number of nitrogens with one attached hydrogen (secondary N) is 1. The van der Waals surface area contributed by atoms with Crippen molar-refractivity contribution in [3.8, 4) is 0 Å². The highest BCUT2D eigenvalue weighted by Gasteiger charge is 2.19. The summed E-state index contributed by atoms with van der Waals surface area (Å²) in [6.07, 6.45) is 39.0. The molecule has 0 heterocycles. The normalized spacial score (nSPS) is 14.8. The number of unbranched alkanes of at least 4 members (excludes halogenated alkanes) is 12. The summed E-state index contributed by atoms with van der Waals surface area (Å²) >= 11 is 0. The molecule has 0 rings (SSSR count). The first-order valence-electron chi connectivity index (χ1n) is 16.6. The molecule has 0 aliphatic rings. The molecule has 0 aliphatic carbocycles. The lowest BCUT2D eigenvalue weighted by Crippen LogP contribution is -2.45. The molecule has 0 aliphatic heterocycles. The molecule has 3 atom stereocenters. The van der Waals surface area contributed by atoms with Crippen LogP contribution in [0.5, 0.6) is 0 Å². The zero-order chi connectivity index (χ0) is 30.2. The van der Waals surface area contributed by atoms with Crippen molar-refractivity contribution in [2.45, 2.75) is 154 Å². The molecule has 0 spiro atoms. The molecule has 5 nitrogen and oxygen atoms in total. The lowest BCUT2D eigenvalue weighted by Gasteiger charge is -2.20. The van der Waals surface area contributed by atoms with Gasteiger partial charge in [-0.3, -0.25) is 4.79 Å². The molecule has 5 heteroatoms. The van der Waals surface area contributed by atoms with Gasteiger partial charge in [-0.2, -0.15) is 0 Å². The van der Waals surface area contributed by atoms with Crippen LogP contribution in [-0.4, -0.2) is 46.1 Å². The molecule has 0 saturated heterocycles. The monoisotopic (exact) mass is 573 g/mol. The van der Waals surface area contributed by atoms with E-state index in [1.165, 1.54) is 44.9 Å². The molecule has 0 bridgehead atoms. The summed E-state index contributed by atoms with van der Waals surface area (Å²) in [4.78, 5) is 12.3. The minimum absolute atomic E-state index is 0.0149. The molecule has 3 unspecified atom stereocenters. The van der Waals surface area contributed by atoms with Crippen molar-refractivity contribution in [2.24, 2.45) is 0 Å². The topological polar surface area (TPSA) is 89.8 Å². The Kier molecular flexibility index (Phi) is 29.5. The van der Waals surface area contributed by atoms with E-state index in [4.69, 9.17) is 0 Å². The first-order valence-corrected chi connectivity index (χ1v) is 16.6. The van der Waals surface area contributed by atoms with Crippen molar-refractivity contribution in [1.82, 2.24) is 5.32 Å². The third kappa shape index (κ3) is 28.0. The van der Waals surface area contributed by atoms with E-state index in [0.717, 1.165) is 64.2 Å². The predicted octanol–water partition coefficient (Wildman–Crippen LogP) is 8.42. The second-order valence-corrected chi connectivity index (χ2v) is 11.1. The van der Waals surface area contributed by atoms with E-state index < -0.39 is 18.2 Å². The lowest BCUT2D eigenvalue weighted by molar-refractivity contribution is -0.124. The molecule has 4 N–H and O–H groups in total. The average Bonchev–Trinajstić information content (AvgIpc) is 2.96. The molecule has 0 aromatic rings. The number of carbonyl (C=O) groups is 1. The summed E-state index contributed by atoms with van der Waals surface area (Å²) in [7, 11) is 0. The average molecular weight is 574 g/mol. The van der Waals surface area contributed by atoms with Crippen LogP contribution in [0, 0.1) is 0 Å². The van der Waals surface area contributed by atoms with Crippen LogP contribution in [0.4, 0.5) is 0 Å². The van der Waals surface area contributed by atoms with Crippen molar-refractivity contribution in [2.75, 3.05) is 6.61 Å². The number of aliphatic hydroxyl groups excluding tert-OH is 3. The number of rotatable bonds is 28. The van der Waals surface area contributed by atoms with Crippen LogP contribution in [0.15, 0.2) is 60.8 Å². The SMILES string of the molecule is CCCCC/C=C\C=C/CCCCCCC(O)CC(=O)NC(CO)C(O)/C=C/CC/C=C/CC/C=C/CCCCC. The summed E-state index contributed by atoms with van der Waals surface area (Å²) in [5.41, 5.74) is 0. The molecular weight excluding hydrogens is 510 g/mol. The summed E-state index contributed by atoms with van der Waals surface area (Å²) in [5, 5.41) is 32.9. The maximum Gasteiger partial charge on any atom is 0.222 e. The zero-order valence-corrected chi connectivity index (χ0v) is 26.4. The Morgan fingerprint density at radius 3 is 1.68 bits per heavy atom. The van der Waals surface area contributed by atoms with Gasteiger partial charge in [-0.15, -0.1) is 0 Å². The van der Waals surface area contributed by atoms with Gasteiger partial charge >= 0.3 is 0 Å². The van der Waals surface area contributed by atoms with E-state index in [9.17, 15) is 20.1 Å². The fourth-order valence-electron chi connectivity index (χ4n) is 4.42. The number of hydrogen-bond donors (Lipinski definition) is 4. The third-order valence-corrected chi connectivity index (χ3v) is 7.03. The van der Waals surface area contributed by atoms with Crippen LogP contribution in [0.3, 0.4) is 0 Å². The van der Waals surface area contributed by atoms with Crippen LogP contribution in [-0.2, 0) is 4.79 Å². The Bertz CT molecular complexity index is 725. The van der Waals surface area contributed by atoms with Crippen molar-refractivity contribution in [1.29, 1.82) is 0 Å². The van der Waals surface area contributed by atoms with Crippen LogP contribution >= 0.6 is 0 Å². The summed E-state index contributed by atoms with van der Waals surface area (Å²) in [6.45, 7) is 4.08. The van der Waals surface area contributed by atoms with Gasteiger partial charge < -0.3 is 20.6 Å². The standard InChI is InChI=1S/C36H63NO4/c1-3-5-7-9-11-13-15-17-19-21-23-25-27-29-33(39)31-36(41)37-34(32-38)35(40)30-28-26-24-22-20-18-16-14-12-10-8-6-4-2/h11-15,17,20,22,28,30,33-35,38-40H,3-10,16,18-19,21,23-27,29,31-32H2,1-2H3,(H,37,41)/b13-11-,14-12+,17-15-,22-20+,30-28+. The minimum atomic E-state index is -0.964. The maximum absolute atomic E-state index is 12.3. The molecule has 1 amide bonds. The molecule has 0 aromatic heterocycles. The van der Waals surface area contributed by atoms with Crippen molar-refractivity contribution in [3.63, 3.8) is 0 Å². The number of allylic oxidation sites excluding steroid dienone is 9. The fraction of sp³-hybridized carbons (Fsp3) is 0.694. The zero-order valence-electron chi connectivity index (χ0n) is 26.4. The van der Waals surface area contributed by atoms with Gasteiger partial charge in [0.15, 0.2) is 0 Å². The Morgan fingerprint density at radius 2 is 1.12 bits per heavy atom. The Labute approximate surface area is 252 Å². The van der Waals surface area contributed by atoms with E-state index in [1.807, 2.05) is 6.08 Å². The maximum atomic E-state index is 12.3. The number of carbonyl (C=O) groups excluding carboxylic acids is 1. The van der Waals surface area contributed by atoms with Crippen LogP contribution in [0.2, 0.25) is 0 Å². The van der Waals surface area contributed by atoms with E-state index in [-0.39, 0.29) is 18.9 Å². The molecule has 0 saturated carbocycles. The molecule has 236 valence electrons. The Morgan fingerprint density at radius 1 is 0.634 bits per heavy atom. The van der Waals surface area contributed by atoms with Crippen LogP contribution < -0.4 is 5.32 Å². The highest BCUT2D eigenvalue weighted by Crippen LogP contribution is 2.11. The quantitative estimate of drug-likeness (QED) is 0.0430. The van der Waals surface area contributed by atoms with Gasteiger partial charge in [0.2, 0.25) is 5.91 Å². The van der Waals surface area contributed by atoms with E-state index >= 15 is 0 Å². The highest BCUT2D eigenvalue weighted by molar-refractivity contribution is 5.76. The van der Waals surface area contributed by atoms with Crippen LogP contribution in [0.1, 0.15) is 136 Å². The van der Waals surface area contributed by atoms with Crippen molar-refractivity contribution < 1.29 is 20.1 Å². The molecular formula is C36H63NO4. The van der Waals surface area contributed by atoms with Gasteiger partial charge in [-0.25, -0.2) is 0 Å². The number of aliphatic hydroxyl groups is 3. The molecule has 0 aromatic carbocycles. The van der Waals surface area contributed by atoms with E-state index in [1.54, 1.807) is 6.08 Å². The lowest BCUT2D eigenvalue weighted by atomic mass is 10.0. The van der Waals surface area contributed by atoms with Gasteiger partial charge in [0.05, 0.1) is 31.3 Å². The molecule has 0 radical (unpaired) electrons. The van der Waals surface area contributed by atoms with Crippen molar-refractivity contribution in [3.05, 3.63) is 60.8 Å². The molecule has 41 heavy (non-hydrogen) atoms. The van der Waals surface area contributed by atoms with Gasteiger partial charge in [0.1, 0.15) is 0 Å². The first-order chi connectivity index (χ1) is 20.0. The highest BCUT2D eigenvalue weighted by atomic mass is 16.3. The number of hydrogen-bond acceptors (Lipinski definition) is 4. The van der Waals surface area contributed by atoms with Crippen molar-refractivity contribution >= 4 is 5.91 Å². The van der Waals surface area contributed by atoms with Gasteiger partial charge in [-0.1, -0.05) is 120 Å². The van der Waals surface area contributed by atoms with E-state index in [2.05, 4.69) is 67.8 Å². The second-order valence-electron chi connectivity index (χ2n) is 11.1. The summed E-state index contributed by atoms with van der Waals surface area (Å²) in [5.74, 6) is -0.348. The van der Waals surface area contributed by atoms with E-state index in [0.29, 0.717) is 6.42 Å². The predicted molar refractivity (Wildman–Crippen MR) is 176 cm³/mol. The molecule has 0 fully saturated rings. The Balaban J connectivity index is 3.93. The van der Waals surface area contributed by atoms with Gasteiger partial charge in [-0.05, 0) is 70.6 Å². The Hall–Kier alpha value is -1.95. The van der Waals surface area contributed by atoms with Crippen LogP contribution in [0.25, 0.3) is 0 Å².